The van der Waals surface area contributed by atoms with E-state index in [1.54, 1.807) is 0 Å². The second-order valence-corrected chi connectivity index (χ2v) is 5.96. The second kappa shape index (κ2) is 6.67. The van der Waals surface area contributed by atoms with Gasteiger partial charge in [0.1, 0.15) is 12.2 Å². The summed E-state index contributed by atoms with van der Waals surface area (Å²) in [4.78, 5) is 3.83. The van der Waals surface area contributed by atoms with E-state index in [1.807, 2.05) is 13.8 Å². The topological polar surface area (TPSA) is 99.8 Å². The molecule has 0 aliphatic carbocycles. The molecule has 17 heavy (non-hydrogen) atoms. The molecule has 0 atom stereocenters. The van der Waals surface area contributed by atoms with Gasteiger partial charge >= 0.3 is 0 Å². The third-order valence-electron chi connectivity index (χ3n) is 2.07. The largest absolute Gasteiger partial charge is 0.314 e. The van der Waals surface area contributed by atoms with E-state index in [9.17, 15) is 8.42 Å². The first kappa shape index (κ1) is 14.1. The van der Waals surface area contributed by atoms with Crippen molar-refractivity contribution >= 4 is 10.0 Å². The molecule has 1 aromatic rings. The number of sulfonamides is 1. The molecule has 0 aromatic carbocycles. The lowest BCUT2D eigenvalue weighted by atomic mass is 10.4. The van der Waals surface area contributed by atoms with Gasteiger partial charge in [-0.25, -0.2) is 18.1 Å². The minimum Gasteiger partial charge on any atom is -0.314 e. The predicted molar refractivity (Wildman–Crippen MR) is 64.8 cm³/mol. The van der Waals surface area contributed by atoms with Gasteiger partial charge in [0.2, 0.25) is 10.0 Å². The summed E-state index contributed by atoms with van der Waals surface area (Å²) < 4.78 is 25.6. The van der Waals surface area contributed by atoms with Crippen molar-refractivity contribution in [3.63, 3.8) is 0 Å². The number of H-pyrrole nitrogens is 1. The smallest absolute Gasteiger partial charge is 0.212 e. The van der Waals surface area contributed by atoms with E-state index in [-0.39, 0.29) is 12.3 Å². The van der Waals surface area contributed by atoms with Crippen LogP contribution in [0.5, 0.6) is 0 Å². The van der Waals surface area contributed by atoms with Crippen LogP contribution in [0.15, 0.2) is 6.33 Å². The maximum absolute atomic E-state index is 11.6. The van der Waals surface area contributed by atoms with Crippen LogP contribution < -0.4 is 10.0 Å². The molecule has 7 nitrogen and oxygen atoms in total. The number of nitrogens with one attached hydrogen (secondary N) is 3. The first-order valence-electron chi connectivity index (χ1n) is 5.54. The Labute approximate surface area is 101 Å². The fourth-order valence-electron chi connectivity index (χ4n) is 1.22. The first-order chi connectivity index (χ1) is 7.99. The van der Waals surface area contributed by atoms with Crippen molar-refractivity contribution in [2.75, 3.05) is 12.3 Å². The third kappa shape index (κ3) is 6.35. The summed E-state index contributed by atoms with van der Waals surface area (Å²) in [6.07, 6.45) is 1.93. The molecule has 0 bridgehead atoms. The van der Waals surface area contributed by atoms with Gasteiger partial charge in [0.05, 0.1) is 12.3 Å². The molecular formula is C9H19N5O2S. The summed E-state index contributed by atoms with van der Waals surface area (Å²) in [5, 5.41) is 9.40. The van der Waals surface area contributed by atoms with Gasteiger partial charge in [-0.3, -0.25) is 5.10 Å². The van der Waals surface area contributed by atoms with Crippen LogP contribution in [0.1, 0.15) is 26.1 Å². The van der Waals surface area contributed by atoms with E-state index in [1.165, 1.54) is 6.33 Å². The number of rotatable bonds is 8. The normalized spacial score (nSPS) is 12.2. The SMILES string of the molecule is CC(C)NCCCS(=O)(=O)NCc1ncn[nH]1. The average Bonchev–Trinajstić information content (AvgIpc) is 2.74. The summed E-state index contributed by atoms with van der Waals surface area (Å²) >= 11 is 0. The van der Waals surface area contributed by atoms with Gasteiger partial charge < -0.3 is 5.32 Å². The molecule has 1 rings (SSSR count). The Morgan fingerprint density at radius 3 is 2.82 bits per heavy atom. The summed E-state index contributed by atoms with van der Waals surface area (Å²) in [6, 6.07) is 0.375. The fraction of sp³-hybridized carbons (Fsp3) is 0.778. The van der Waals surface area contributed by atoms with Crippen molar-refractivity contribution in [2.45, 2.75) is 32.9 Å². The van der Waals surface area contributed by atoms with Crippen LogP contribution in [0.3, 0.4) is 0 Å². The van der Waals surface area contributed by atoms with Gasteiger partial charge in [-0.05, 0) is 13.0 Å². The predicted octanol–water partition coefficient (Wildman–Crippen LogP) is -0.388. The van der Waals surface area contributed by atoms with Gasteiger partial charge in [-0.15, -0.1) is 0 Å². The molecule has 0 unspecified atom stereocenters. The molecule has 0 amide bonds. The molecule has 0 aliphatic rings. The van der Waals surface area contributed by atoms with Gasteiger partial charge in [0, 0.05) is 6.04 Å². The van der Waals surface area contributed by atoms with E-state index in [0.717, 1.165) is 0 Å². The molecule has 1 aromatic heterocycles. The van der Waals surface area contributed by atoms with Crippen molar-refractivity contribution < 1.29 is 8.42 Å². The molecule has 98 valence electrons. The molecule has 3 N–H and O–H groups in total. The van der Waals surface area contributed by atoms with Crippen LogP contribution >= 0.6 is 0 Å². The summed E-state index contributed by atoms with van der Waals surface area (Å²) in [5.74, 6) is 0.620. The van der Waals surface area contributed by atoms with Crippen LogP contribution in [-0.4, -0.2) is 41.9 Å². The highest BCUT2D eigenvalue weighted by molar-refractivity contribution is 7.89. The van der Waals surface area contributed by atoms with Crippen LogP contribution in [0.2, 0.25) is 0 Å². The molecule has 0 fully saturated rings. The zero-order valence-electron chi connectivity index (χ0n) is 10.1. The van der Waals surface area contributed by atoms with Crippen LogP contribution in [0.4, 0.5) is 0 Å². The standard InChI is InChI=1S/C9H19N5O2S/c1-8(2)10-4-3-5-17(15,16)13-6-9-11-7-12-14-9/h7-8,10,13H,3-6H2,1-2H3,(H,11,12,14). The fourth-order valence-corrected chi connectivity index (χ4v) is 2.24. The summed E-state index contributed by atoms with van der Waals surface area (Å²) in [6.45, 7) is 4.90. The molecular weight excluding hydrogens is 242 g/mol. The first-order valence-corrected chi connectivity index (χ1v) is 7.20. The van der Waals surface area contributed by atoms with Gasteiger partial charge in [-0.1, -0.05) is 13.8 Å². The summed E-state index contributed by atoms with van der Waals surface area (Å²) in [5.41, 5.74) is 0. The Morgan fingerprint density at radius 2 is 2.24 bits per heavy atom. The Bertz CT molecular complexity index is 401. The van der Waals surface area contributed by atoms with Crippen molar-refractivity contribution in [3.8, 4) is 0 Å². The quantitative estimate of drug-likeness (QED) is 0.554. The highest BCUT2D eigenvalue weighted by Gasteiger charge is 2.10. The highest BCUT2D eigenvalue weighted by Crippen LogP contribution is 1.92. The second-order valence-electron chi connectivity index (χ2n) is 4.03. The molecule has 1 heterocycles. The van der Waals surface area contributed by atoms with Crippen molar-refractivity contribution in [1.29, 1.82) is 0 Å². The van der Waals surface area contributed by atoms with Crippen LogP contribution in [-0.2, 0) is 16.6 Å². The summed E-state index contributed by atoms with van der Waals surface area (Å²) in [7, 11) is -3.23. The van der Waals surface area contributed by atoms with E-state index < -0.39 is 10.0 Å². The zero-order valence-corrected chi connectivity index (χ0v) is 10.9. The zero-order chi connectivity index (χ0) is 12.7. The Kier molecular flexibility index (Phi) is 5.52. The number of hydrogen-bond acceptors (Lipinski definition) is 5. The van der Waals surface area contributed by atoms with Gasteiger partial charge in [0.15, 0.2) is 0 Å². The van der Waals surface area contributed by atoms with Crippen molar-refractivity contribution in [1.82, 2.24) is 25.2 Å². The lowest BCUT2D eigenvalue weighted by molar-refractivity contribution is 0.559. The maximum atomic E-state index is 11.6. The van der Waals surface area contributed by atoms with E-state index in [4.69, 9.17) is 0 Å². The monoisotopic (exact) mass is 261 g/mol. The number of nitrogens with zero attached hydrogens (tertiary/aromatic N) is 2. The molecule has 8 heteroatoms. The number of aromatic amines is 1. The minimum absolute atomic E-state index is 0.112. The third-order valence-corrected chi connectivity index (χ3v) is 3.48. The average molecular weight is 261 g/mol. The van der Waals surface area contributed by atoms with E-state index >= 15 is 0 Å². The van der Waals surface area contributed by atoms with Crippen molar-refractivity contribution in [2.24, 2.45) is 0 Å². The Hall–Kier alpha value is -0.990. The minimum atomic E-state index is -3.23. The molecule has 0 saturated heterocycles. The van der Waals surface area contributed by atoms with E-state index in [0.29, 0.717) is 24.8 Å². The highest BCUT2D eigenvalue weighted by atomic mass is 32.2. The maximum Gasteiger partial charge on any atom is 0.212 e. The molecule has 0 aliphatic heterocycles. The lowest BCUT2D eigenvalue weighted by Crippen LogP contribution is -2.30. The molecule has 0 radical (unpaired) electrons. The van der Waals surface area contributed by atoms with E-state index in [2.05, 4.69) is 25.2 Å². The van der Waals surface area contributed by atoms with Crippen LogP contribution in [0.25, 0.3) is 0 Å². The van der Waals surface area contributed by atoms with Gasteiger partial charge in [-0.2, -0.15) is 5.10 Å². The molecule has 0 saturated carbocycles. The lowest BCUT2D eigenvalue weighted by Gasteiger charge is -2.08. The van der Waals surface area contributed by atoms with Gasteiger partial charge in [0.25, 0.3) is 0 Å². The molecule has 0 spiro atoms. The Morgan fingerprint density at radius 1 is 1.47 bits per heavy atom. The number of aromatic nitrogens is 3. The van der Waals surface area contributed by atoms with Crippen molar-refractivity contribution in [3.05, 3.63) is 12.2 Å². The number of hydrogen-bond donors (Lipinski definition) is 3. The Balaban J connectivity index is 2.22. The van der Waals surface area contributed by atoms with Crippen LogP contribution in [0, 0.1) is 0 Å².